The van der Waals surface area contributed by atoms with E-state index in [1.165, 1.54) is 12.1 Å². The summed E-state index contributed by atoms with van der Waals surface area (Å²) in [6.07, 6.45) is -1.20. The molecular weight excluding hydrogens is 446 g/mol. The molecule has 7 heteroatoms. The average Bonchev–Trinajstić information content (AvgIpc) is 2.83. The van der Waals surface area contributed by atoms with Gasteiger partial charge in [-0.1, -0.05) is 75.4 Å². The van der Waals surface area contributed by atoms with Crippen LogP contribution in [-0.4, -0.2) is 39.1 Å². The summed E-state index contributed by atoms with van der Waals surface area (Å²) in [6.45, 7) is 6.00. The Kier molecular flexibility index (Phi) is 7.91. The summed E-state index contributed by atoms with van der Waals surface area (Å²) in [5, 5.41) is 19.5. The first-order valence-corrected chi connectivity index (χ1v) is 11.2. The number of carboxylic acid groups (broad SMARTS) is 1. The molecule has 0 saturated carbocycles. The van der Waals surface area contributed by atoms with Gasteiger partial charge in [0.15, 0.2) is 0 Å². The van der Waals surface area contributed by atoms with Gasteiger partial charge < -0.3 is 14.9 Å². The van der Waals surface area contributed by atoms with Crippen molar-refractivity contribution in [2.24, 2.45) is 0 Å². The quantitative estimate of drug-likeness (QED) is 0.489. The van der Waals surface area contributed by atoms with Crippen molar-refractivity contribution in [3.63, 3.8) is 0 Å². The molecule has 0 bridgehead atoms. The Labute approximate surface area is 204 Å². The number of phenolic OH excluding ortho intramolecular Hbond substituents is 1. The van der Waals surface area contributed by atoms with Gasteiger partial charge in [0.25, 0.3) is 5.91 Å². The number of amides is 2. The smallest absolute Gasteiger partial charge is 0.417 e. The van der Waals surface area contributed by atoms with E-state index in [9.17, 15) is 24.6 Å². The number of carbonyl (C=O) groups is 3. The van der Waals surface area contributed by atoms with Crippen LogP contribution in [-0.2, 0) is 28.0 Å². The van der Waals surface area contributed by atoms with Crippen LogP contribution in [0, 0.1) is 0 Å². The zero-order chi connectivity index (χ0) is 25.6. The Morgan fingerprint density at radius 2 is 1.46 bits per heavy atom. The third kappa shape index (κ3) is 6.69. The minimum Gasteiger partial charge on any atom is -0.508 e. The predicted octanol–water partition coefficient (Wildman–Crippen LogP) is 5.16. The second-order valence-corrected chi connectivity index (χ2v) is 9.27. The molecule has 0 fully saturated rings. The van der Waals surface area contributed by atoms with E-state index in [0.717, 1.165) is 5.56 Å². The molecule has 3 aromatic carbocycles. The summed E-state index contributed by atoms with van der Waals surface area (Å²) in [6, 6.07) is 20.1. The molecule has 0 saturated heterocycles. The van der Waals surface area contributed by atoms with Crippen molar-refractivity contribution in [2.75, 3.05) is 0 Å². The average molecular weight is 476 g/mol. The minimum absolute atomic E-state index is 0.0229. The zero-order valence-electron chi connectivity index (χ0n) is 20.0. The first-order chi connectivity index (χ1) is 16.6. The molecule has 182 valence electrons. The molecule has 0 aromatic heterocycles. The van der Waals surface area contributed by atoms with Crippen LogP contribution in [0.4, 0.5) is 4.79 Å². The minimum atomic E-state index is -1.52. The molecule has 0 radical (unpaired) electrons. The topological polar surface area (TPSA) is 104 Å². The van der Waals surface area contributed by atoms with E-state index in [1.807, 2.05) is 26.8 Å². The maximum atomic E-state index is 13.5. The number of benzene rings is 3. The van der Waals surface area contributed by atoms with Crippen molar-refractivity contribution in [2.45, 2.75) is 45.3 Å². The molecule has 3 aromatic rings. The molecule has 3 rings (SSSR count). The van der Waals surface area contributed by atoms with Crippen LogP contribution in [0.25, 0.3) is 0 Å². The maximum absolute atomic E-state index is 13.5. The van der Waals surface area contributed by atoms with Crippen LogP contribution in [0.15, 0.2) is 78.9 Å². The summed E-state index contributed by atoms with van der Waals surface area (Å²) in [4.78, 5) is 39.5. The second-order valence-electron chi connectivity index (χ2n) is 9.27. The van der Waals surface area contributed by atoms with Gasteiger partial charge >= 0.3 is 12.1 Å². The van der Waals surface area contributed by atoms with E-state index in [4.69, 9.17) is 4.74 Å². The van der Waals surface area contributed by atoms with Crippen LogP contribution in [0.5, 0.6) is 5.75 Å². The second kappa shape index (κ2) is 10.9. The monoisotopic (exact) mass is 475 g/mol. The fourth-order valence-corrected chi connectivity index (χ4v) is 3.54. The Balaban J connectivity index is 1.93. The van der Waals surface area contributed by atoms with E-state index >= 15 is 0 Å². The SMILES string of the molecule is CC(C)(C)c1ccc(C(=O)N(C(=O)OCc2ccccc2)[C@@H](Cc2ccc(O)cc2)C(=O)O)cc1. The number of carboxylic acids is 1. The molecule has 35 heavy (non-hydrogen) atoms. The fraction of sp³-hybridized carbons (Fsp3) is 0.250. The van der Waals surface area contributed by atoms with Crippen LogP contribution in [0.1, 0.15) is 47.8 Å². The number of nitrogens with zero attached hydrogens (tertiary/aromatic N) is 1. The standard InChI is InChI=1S/C28H29NO6/c1-28(2,3)22-13-11-21(12-14-22)25(31)29(27(34)35-18-20-7-5-4-6-8-20)24(26(32)33)17-19-9-15-23(30)16-10-19/h4-16,24,30H,17-18H2,1-3H3,(H,32,33)/t24-/m0/s1. The molecule has 0 spiro atoms. The van der Waals surface area contributed by atoms with E-state index in [2.05, 4.69) is 0 Å². The Hall–Kier alpha value is -4.13. The lowest BCUT2D eigenvalue weighted by molar-refractivity contribution is -0.142. The summed E-state index contributed by atoms with van der Waals surface area (Å²) in [5.74, 6) is -2.10. The lowest BCUT2D eigenvalue weighted by Crippen LogP contribution is -2.50. The Morgan fingerprint density at radius 1 is 0.857 bits per heavy atom. The van der Waals surface area contributed by atoms with Crippen LogP contribution in [0.3, 0.4) is 0 Å². The predicted molar refractivity (Wildman–Crippen MR) is 131 cm³/mol. The van der Waals surface area contributed by atoms with Crippen LogP contribution >= 0.6 is 0 Å². The number of aliphatic carboxylic acids is 1. The molecule has 0 aliphatic heterocycles. The van der Waals surface area contributed by atoms with Crippen molar-refractivity contribution in [3.05, 3.63) is 101 Å². The van der Waals surface area contributed by atoms with Crippen LogP contribution < -0.4 is 0 Å². The molecular formula is C28H29NO6. The molecule has 0 heterocycles. The highest BCUT2D eigenvalue weighted by Crippen LogP contribution is 2.24. The lowest BCUT2D eigenvalue weighted by Gasteiger charge is -2.27. The van der Waals surface area contributed by atoms with Gasteiger partial charge in [-0.15, -0.1) is 0 Å². The van der Waals surface area contributed by atoms with Gasteiger partial charge in [0.1, 0.15) is 18.4 Å². The normalized spacial score (nSPS) is 12.0. The molecule has 2 N–H and O–H groups in total. The van der Waals surface area contributed by atoms with Crippen LogP contribution in [0.2, 0.25) is 0 Å². The Bertz CT molecular complexity index is 1160. The highest BCUT2D eigenvalue weighted by atomic mass is 16.6. The Morgan fingerprint density at radius 3 is 2.00 bits per heavy atom. The molecule has 0 unspecified atom stereocenters. The maximum Gasteiger partial charge on any atom is 0.417 e. The molecule has 0 aliphatic carbocycles. The van der Waals surface area contributed by atoms with E-state index in [0.29, 0.717) is 16.0 Å². The van der Waals surface area contributed by atoms with Crippen molar-refractivity contribution in [1.29, 1.82) is 0 Å². The van der Waals surface area contributed by atoms with E-state index < -0.39 is 24.0 Å². The number of hydrogen-bond donors (Lipinski definition) is 2. The number of rotatable bonds is 7. The summed E-state index contributed by atoms with van der Waals surface area (Å²) in [5.41, 5.74) is 2.26. The number of phenols is 1. The number of ether oxygens (including phenoxy) is 1. The molecule has 7 nitrogen and oxygen atoms in total. The van der Waals surface area contributed by atoms with Gasteiger partial charge in [0.2, 0.25) is 0 Å². The van der Waals surface area contributed by atoms with Crippen molar-refractivity contribution in [1.82, 2.24) is 4.90 Å². The lowest BCUT2D eigenvalue weighted by atomic mass is 9.86. The highest BCUT2D eigenvalue weighted by Gasteiger charge is 2.37. The van der Waals surface area contributed by atoms with Gasteiger partial charge in [0.05, 0.1) is 0 Å². The number of hydrogen-bond acceptors (Lipinski definition) is 5. The van der Waals surface area contributed by atoms with Gasteiger partial charge in [-0.3, -0.25) is 4.79 Å². The third-order valence-corrected chi connectivity index (χ3v) is 5.58. The number of imide groups is 1. The number of aromatic hydroxyl groups is 1. The van der Waals surface area contributed by atoms with Gasteiger partial charge in [0, 0.05) is 12.0 Å². The molecule has 0 aliphatic rings. The summed E-state index contributed by atoms with van der Waals surface area (Å²) >= 11 is 0. The van der Waals surface area contributed by atoms with E-state index in [-0.39, 0.29) is 29.8 Å². The molecule has 2 amide bonds. The van der Waals surface area contributed by atoms with Gasteiger partial charge in [-0.25, -0.2) is 14.5 Å². The fourth-order valence-electron chi connectivity index (χ4n) is 3.54. The first-order valence-electron chi connectivity index (χ1n) is 11.2. The summed E-state index contributed by atoms with van der Waals surface area (Å²) < 4.78 is 5.36. The summed E-state index contributed by atoms with van der Waals surface area (Å²) in [7, 11) is 0. The largest absolute Gasteiger partial charge is 0.508 e. The number of carbonyl (C=O) groups excluding carboxylic acids is 2. The van der Waals surface area contributed by atoms with Crippen molar-refractivity contribution < 1.29 is 29.3 Å². The van der Waals surface area contributed by atoms with Gasteiger partial charge in [-0.2, -0.15) is 0 Å². The zero-order valence-corrected chi connectivity index (χ0v) is 20.0. The van der Waals surface area contributed by atoms with Crippen molar-refractivity contribution in [3.8, 4) is 5.75 Å². The first kappa shape index (κ1) is 25.5. The van der Waals surface area contributed by atoms with Crippen molar-refractivity contribution >= 4 is 18.0 Å². The van der Waals surface area contributed by atoms with Gasteiger partial charge in [-0.05, 0) is 46.4 Å². The third-order valence-electron chi connectivity index (χ3n) is 5.58. The molecule has 1 atom stereocenters. The van der Waals surface area contributed by atoms with E-state index in [1.54, 1.807) is 60.7 Å². The highest BCUT2D eigenvalue weighted by molar-refractivity contribution is 6.05.